The van der Waals surface area contributed by atoms with Gasteiger partial charge in [0, 0.05) is 13.2 Å². The zero-order valence-corrected chi connectivity index (χ0v) is 10.7. The molecular formula is C12H19NO3S. The van der Waals surface area contributed by atoms with Crippen LogP contribution in [-0.4, -0.2) is 33.1 Å². The second kappa shape index (κ2) is 7.42. The maximum atomic E-state index is 11.3. The largest absolute Gasteiger partial charge is 0.377 e. The summed E-state index contributed by atoms with van der Waals surface area (Å²) in [6, 6.07) is 9.80. The Morgan fingerprint density at radius 1 is 1.12 bits per heavy atom. The highest BCUT2D eigenvalue weighted by molar-refractivity contribution is 7.91. The van der Waals surface area contributed by atoms with Gasteiger partial charge < -0.3 is 10.5 Å². The molecule has 2 N–H and O–H groups in total. The van der Waals surface area contributed by atoms with Gasteiger partial charge in [-0.05, 0) is 12.0 Å². The molecule has 0 amide bonds. The van der Waals surface area contributed by atoms with Gasteiger partial charge in [0.1, 0.15) is 0 Å². The second-order valence-corrected chi connectivity index (χ2v) is 6.14. The first-order valence-electron chi connectivity index (χ1n) is 5.66. The van der Waals surface area contributed by atoms with Crippen molar-refractivity contribution in [2.45, 2.75) is 13.0 Å². The molecule has 0 saturated carbocycles. The predicted octanol–water partition coefficient (Wildman–Crippen LogP) is 0.967. The van der Waals surface area contributed by atoms with E-state index in [-0.39, 0.29) is 18.1 Å². The van der Waals surface area contributed by atoms with Crippen molar-refractivity contribution in [3.8, 4) is 0 Å². The van der Waals surface area contributed by atoms with E-state index in [1.54, 1.807) is 0 Å². The summed E-state index contributed by atoms with van der Waals surface area (Å²) in [7, 11) is -2.98. The number of sulfone groups is 1. The van der Waals surface area contributed by atoms with Crippen molar-refractivity contribution in [2.75, 3.05) is 24.7 Å². The van der Waals surface area contributed by atoms with Crippen LogP contribution >= 0.6 is 0 Å². The monoisotopic (exact) mass is 257 g/mol. The molecule has 0 spiro atoms. The van der Waals surface area contributed by atoms with E-state index in [0.717, 1.165) is 5.56 Å². The van der Waals surface area contributed by atoms with Gasteiger partial charge in [-0.3, -0.25) is 0 Å². The highest BCUT2D eigenvalue weighted by atomic mass is 32.2. The van der Waals surface area contributed by atoms with Gasteiger partial charge in [-0.1, -0.05) is 30.3 Å². The average molecular weight is 257 g/mol. The smallest absolute Gasteiger partial charge is 0.151 e. The third-order valence-electron chi connectivity index (χ3n) is 2.28. The quantitative estimate of drug-likeness (QED) is 0.704. The Balaban J connectivity index is 2.13. The molecular weight excluding hydrogens is 238 g/mol. The van der Waals surface area contributed by atoms with Gasteiger partial charge in [0.25, 0.3) is 0 Å². The molecule has 1 aromatic carbocycles. The summed E-state index contributed by atoms with van der Waals surface area (Å²) in [5.41, 5.74) is 6.31. The lowest BCUT2D eigenvalue weighted by molar-refractivity contribution is 0.122. The maximum absolute atomic E-state index is 11.3. The van der Waals surface area contributed by atoms with Gasteiger partial charge in [-0.2, -0.15) is 0 Å². The number of ether oxygens (including phenoxy) is 1. The summed E-state index contributed by atoms with van der Waals surface area (Å²) >= 11 is 0. The van der Waals surface area contributed by atoms with E-state index in [1.807, 2.05) is 30.3 Å². The summed E-state index contributed by atoms with van der Waals surface area (Å²) in [5, 5.41) is 0. The molecule has 0 aliphatic heterocycles. The fourth-order valence-corrected chi connectivity index (χ4v) is 2.55. The van der Waals surface area contributed by atoms with Crippen molar-refractivity contribution in [2.24, 2.45) is 5.73 Å². The number of nitrogens with two attached hydrogens (primary N) is 1. The van der Waals surface area contributed by atoms with Crippen molar-refractivity contribution in [3.05, 3.63) is 35.9 Å². The Morgan fingerprint density at radius 2 is 1.82 bits per heavy atom. The minimum absolute atomic E-state index is 0.0612. The molecule has 0 bridgehead atoms. The van der Waals surface area contributed by atoms with Crippen LogP contribution in [0.25, 0.3) is 0 Å². The number of benzene rings is 1. The molecule has 1 aromatic rings. The van der Waals surface area contributed by atoms with E-state index in [0.29, 0.717) is 19.6 Å². The predicted molar refractivity (Wildman–Crippen MR) is 68.4 cm³/mol. The van der Waals surface area contributed by atoms with Crippen molar-refractivity contribution in [3.63, 3.8) is 0 Å². The second-order valence-electron chi connectivity index (χ2n) is 3.83. The Bertz CT molecular complexity index is 403. The van der Waals surface area contributed by atoms with E-state index in [4.69, 9.17) is 10.5 Å². The summed E-state index contributed by atoms with van der Waals surface area (Å²) in [5.74, 6) is 0.213. The van der Waals surface area contributed by atoms with Gasteiger partial charge in [0.2, 0.25) is 0 Å². The first-order chi connectivity index (χ1) is 8.14. The van der Waals surface area contributed by atoms with E-state index in [1.165, 1.54) is 0 Å². The average Bonchev–Trinajstić information content (AvgIpc) is 2.30. The highest BCUT2D eigenvalue weighted by Gasteiger charge is 2.08. The van der Waals surface area contributed by atoms with Crippen LogP contribution in [-0.2, 0) is 21.2 Å². The molecule has 0 fully saturated rings. The molecule has 0 heterocycles. The molecule has 0 aromatic heterocycles. The standard InChI is InChI=1S/C12H19NO3S/c13-7-10-17(14,15)9-4-8-16-11-12-5-2-1-3-6-12/h1-3,5-6H,4,7-11,13H2. The van der Waals surface area contributed by atoms with Crippen LogP contribution in [0, 0.1) is 0 Å². The van der Waals surface area contributed by atoms with E-state index < -0.39 is 9.84 Å². The third kappa shape index (κ3) is 6.41. The first-order valence-corrected chi connectivity index (χ1v) is 7.48. The van der Waals surface area contributed by atoms with Crippen molar-refractivity contribution < 1.29 is 13.2 Å². The third-order valence-corrected chi connectivity index (χ3v) is 4.05. The van der Waals surface area contributed by atoms with Crippen LogP contribution in [0.15, 0.2) is 30.3 Å². The van der Waals surface area contributed by atoms with Crippen LogP contribution in [0.5, 0.6) is 0 Å². The van der Waals surface area contributed by atoms with Crippen molar-refractivity contribution in [1.29, 1.82) is 0 Å². The van der Waals surface area contributed by atoms with Gasteiger partial charge >= 0.3 is 0 Å². The minimum Gasteiger partial charge on any atom is -0.377 e. The Hall–Kier alpha value is -0.910. The minimum atomic E-state index is -2.98. The number of rotatable bonds is 8. The normalized spacial score (nSPS) is 11.6. The van der Waals surface area contributed by atoms with Gasteiger partial charge in [-0.15, -0.1) is 0 Å². The van der Waals surface area contributed by atoms with E-state index >= 15 is 0 Å². The zero-order valence-electron chi connectivity index (χ0n) is 9.84. The lowest BCUT2D eigenvalue weighted by Gasteiger charge is -2.05. The molecule has 0 aliphatic carbocycles. The van der Waals surface area contributed by atoms with Crippen LogP contribution in [0.1, 0.15) is 12.0 Å². The molecule has 0 unspecified atom stereocenters. The van der Waals surface area contributed by atoms with E-state index in [2.05, 4.69) is 0 Å². The maximum Gasteiger partial charge on any atom is 0.151 e. The zero-order chi connectivity index (χ0) is 12.6. The molecule has 96 valence electrons. The van der Waals surface area contributed by atoms with Crippen LogP contribution in [0.3, 0.4) is 0 Å². The van der Waals surface area contributed by atoms with Crippen molar-refractivity contribution in [1.82, 2.24) is 0 Å². The molecule has 0 atom stereocenters. The van der Waals surface area contributed by atoms with Crippen LogP contribution < -0.4 is 5.73 Å². The SMILES string of the molecule is NCCS(=O)(=O)CCCOCc1ccccc1. The highest BCUT2D eigenvalue weighted by Crippen LogP contribution is 2.01. The lowest BCUT2D eigenvalue weighted by Crippen LogP contribution is -2.19. The molecule has 0 saturated heterocycles. The van der Waals surface area contributed by atoms with Gasteiger partial charge in [0.15, 0.2) is 9.84 Å². The van der Waals surface area contributed by atoms with Gasteiger partial charge in [0.05, 0.1) is 18.1 Å². The molecule has 5 heteroatoms. The summed E-state index contributed by atoms with van der Waals surface area (Å²) in [6.45, 7) is 1.17. The Kier molecular flexibility index (Phi) is 6.18. The topological polar surface area (TPSA) is 69.4 Å². The summed E-state index contributed by atoms with van der Waals surface area (Å²) in [4.78, 5) is 0. The first kappa shape index (κ1) is 14.2. The summed E-state index contributed by atoms with van der Waals surface area (Å²) < 4.78 is 28.1. The Morgan fingerprint density at radius 3 is 2.47 bits per heavy atom. The summed E-state index contributed by atoms with van der Waals surface area (Å²) in [6.07, 6.45) is 0.523. The lowest BCUT2D eigenvalue weighted by atomic mass is 10.2. The fourth-order valence-electron chi connectivity index (χ4n) is 1.43. The molecule has 4 nitrogen and oxygen atoms in total. The molecule has 0 aliphatic rings. The van der Waals surface area contributed by atoms with Crippen LogP contribution in [0.2, 0.25) is 0 Å². The number of hydrogen-bond acceptors (Lipinski definition) is 4. The van der Waals surface area contributed by atoms with Crippen molar-refractivity contribution >= 4 is 9.84 Å². The fraction of sp³-hybridized carbons (Fsp3) is 0.500. The van der Waals surface area contributed by atoms with Gasteiger partial charge in [-0.25, -0.2) is 8.42 Å². The molecule has 17 heavy (non-hydrogen) atoms. The van der Waals surface area contributed by atoms with Crippen LogP contribution in [0.4, 0.5) is 0 Å². The molecule has 1 rings (SSSR count). The number of hydrogen-bond donors (Lipinski definition) is 1. The van der Waals surface area contributed by atoms with E-state index in [9.17, 15) is 8.42 Å². The Labute approximate surface area is 103 Å². The molecule has 0 radical (unpaired) electrons.